The van der Waals surface area contributed by atoms with E-state index in [2.05, 4.69) is 43.2 Å². The maximum absolute atomic E-state index is 5.76. The Balaban J connectivity index is 1.94. The van der Waals surface area contributed by atoms with E-state index in [1.165, 1.54) is 11.1 Å². The average Bonchev–Trinajstić information content (AvgIpc) is 2.70. The highest BCUT2D eigenvalue weighted by molar-refractivity contribution is 5.36. The van der Waals surface area contributed by atoms with Crippen LogP contribution in [0.1, 0.15) is 36.6 Å². The second kappa shape index (κ2) is 5.94. The van der Waals surface area contributed by atoms with E-state index in [0.717, 1.165) is 11.4 Å². The van der Waals surface area contributed by atoms with Gasteiger partial charge in [0.1, 0.15) is 12.4 Å². The first kappa shape index (κ1) is 14.4. The molecule has 5 heteroatoms. The molecule has 0 spiro atoms. The molecule has 0 radical (unpaired) electrons. The van der Waals surface area contributed by atoms with Crippen LogP contribution in [0.5, 0.6) is 5.75 Å². The van der Waals surface area contributed by atoms with Crippen molar-refractivity contribution in [2.75, 3.05) is 12.3 Å². The number of nitrogens with two attached hydrogens (primary N) is 1. The molecule has 20 heavy (non-hydrogen) atoms. The van der Waals surface area contributed by atoms with E-state index >= 15 is 0 Å². The predicted molar refractivity (Wildman–Crippen MR) is 79.9 cm³/mol. The molecule has 0 saturated carbocycles. The Morgan fingerprint density at radius 3 is 2.60 bits per heavy atom. The van der Waals surface area contributed by atoms with Gasteiger partial charge in [-0.05, 0) is 43.0 Å². The molecule has 0 fully saturated rings. The second-order valence-electron chi connectivity index (χ2n) is 5.30. The summed E-state index contributed by atoms with van der Waals surface area (Å²) < 4.78 is 7.51. The zero-order chi connectivity index (χ0) is 14.7. The Hall–Kier alpha value is -2.04. The Kier molecular flexibility index (Phi) is 4.27. The molecule has 2 N–H and O–H groups in total. The lowest BCUT2D eigenvalue weighted by Gasteiger charge is -2.12. The number of benzene rings is 1. The lowest BCUT2D eigenvalue weighted by Crippen LogP contribution is -2.11. The van der Waals surface area contributed by atoms with Crippen LogP contribution in [0, 0.1) is 13.8 Å². The minimum absolute atomic E-state index is 0.474. The summed E-state index contributed by atoms with van der Waals surface area (Å²) in [7, 11) is 0. The monoisotopic (exact) mass is 274 g/mol. The molecule has 0 aliphatic heterocycles. The smallest absolute Gasteiger partial charge is 0.168 e. The van der Waals surface area contributed by atoms with Crippen LogP contribution >= 0.6 is 0 Å². The summed E-state index contributed by atoms with van der Waals surface area (Å²) in [6, 6.07) is 6.23. The molecule has 0 aliphatic rings. The summed E-state index contributed by atoms with van der Waals surface area (Å²) in [6.07, 6.45) is 0. The van der Waals surface area contributed by atoms with Gasteiger partial charge >= 0.3 is 0 Å². The van der Waals surface area contributed by atoms with E-state index in [1.807, 2.05) is 13.0 Å². The average molecular weight is 274 g/mol. The van der Waals surface area contributed by atoms with E-state index < -0.39 is 0 Å². The van der Waals surface area contributed by atoms with E-state index in [9.17, 15) is 0 Å². The number of nitrogen functional groups attached to an aromatic ring is 1. The molecule has 0 amide bonds. The van der Waals surface area contributed by atoms with Gasteiger partial charge in [-0.2, -0.15) is 0 Å². The number of ether oxygens (including phenoxy) is 1. The van der Waals surface area contributed by atoms with Gasteiger partial charge in [0, 0.05) is 0 Å². The number of aromatic nitrogens is 3. The molecular weight excluding hydrogens is 252 g/mol. The van der Waals surface area contributed by atoms with Crippen LogP contribution in [0.4, 0.5) is 5.82 Å². The summed E-state index contributed by atoms with van der Waals surface area (Å²) in [5.41, 5.74) is 9.15. The van der Waals surface area contributed by atoms with Crippen LogP contribution < -0.4 is 10.5 Å². The first-order valence-corrected chi connectivity index (χ1v) is 6.88. The van der Waals surface area contributed by atoms with Crippen LogP contribution in [0.2, 0.25) is 0 Å². The van der Waals surface area contributed by atoms with Gasteiger partial charge in [0.2, 0.25) is 0 Å². The van der Waals surface area contributed by atoms with E-state index in [0.29, 0.717) is 24.9 Å². The SMILES string of the molecule is Cc1cc(OCCn2nnc(N)c2C)ccc1C(C)C. The predicted octanol–water partition coefficient (Wildman–Crippen LogP) is 2.68. The molecule has 0 aliphatic carbocycles. The highest BCUT2D eigenvalue weighted by Crippen LogP contribution is 2.23. The third-order valence-electron chi connectivity index (χ3n) is 3.45. The molecule has 108 valence electrons. The van der Waals surface area contributed by atoms with E-state index in [1.54, 1.807) is 4.68 Å². The van der Waals surface area contributed by atoms with Gasteiger partial charge in [-0.3, -0.25) is 0 Å². The lowest BCUT2D eigenvalue weighted by molar-refractivity contribution is 0.288. The number of hydrogen-bond acceptors (Lipinski definition) is 4. The number of nitrogens with zero attached hydrogens (tertiary/aromatic N) is 3. The molecule has 0 saturated heterocycles. The summed E-state index contributed by atoms with van der Waals surface area (Å²) in [5, 5.41) is 7.79. The maximum atomic E-state index is 5.76. The van der Waals surface area contributed by atoms with Crippen molar-refractivity contribution in [3.05, 3.63) is 35.0 Å². The molecule has 1 heterocycles. The quantitative estimate of drug-likeness (QED) is 0.910. The molecule has 5 nitrogen and oxygen atoms in total. The fourth-order valence-corrected chi connectivity index (χ4v) is 2.22. The second-order valence-corrected chi connectivity index (χ2v) is 5.30. The van der Waals surface area contributed by atoms with Crippen LogP contribution in [0.15, 0.2) is 18.2 Å². The molecule has 0 unspecified atom stereocenters. The minimum Gasteiger partial charge on any atom is -0.492 e. The van der Waals surface area contributed by atoms with Crippen LogP contribution in [0.25, 0.3) is 0 Å². The van der Waals surface area contributed by atoms with Crippen LogP contribution in [-0.2, 0) is 6.54 Å². The van der Waals surface area contributed by atoms with Gasteiger partial charge in [-0.1, -0.05) is 25.1 Å². The van der Waals surface area contributed by atoms with E-state index in [-0.39, 0.29) is 0 Å². The third kappa shape index (κ3) is 3.10. The summed E-state index contributed by atoms with van der Waals surface area (Å²) in [5.74, 6) is 1.89. The standard InChI is InChI=1S/C15H22N4O/c1-10(2)14-6-5-13(9-11(14)3)20-8-7-19-12(4)15(16)17-18-19/h5-6,9-10H,7-8,16H2,1-4H3. The molecular formula is C15H22N4O. The fraction of sp³-hybridized carbons (Fsp3) is 0.467. The van der Waals surface area contributed by atoms with Crippen molar-refractivity contribution in [2.45, 2.75) is 40.2 Å². The molecule has 0 atom stereocenters. The summed E-state index contributed by atoms with van der Waals surface area (Å²) in [6.45, 7) is 9.59. The highest BCUT2D eigenvalue weighted by atomic mass is 16.5. The van der Waals surface area contributed by atoms with Gasteiger partial charge in [-0.15, -0.1) is 5.10 Å². The number of anilines is 1. The third-order valence-corrected chi connectivity index (χ3v) is 3.45. The zero-order valence-electron chi connectivity index (χ0n) is 12.6. The topological polar surface area (TPSA) is 66.0 Å². The molecule has 2 aromatic rings. The molecule has 0 bridgehead atoms. The maximum Gasteiger partial charge on any atom is 0.168 e. The van der Waals surface area contributed by atoms with Crippen LogP contribution in [-0.4, -0.2) is 21.6 Å². The first-order chi connectivity index (χ1) is 9.49. The zero-order valence-corrected chi connectivity index (χ0v) is 12.6. The summed E-state index contributed by atoms with van der Waals surface area (Å²) in [4.78, 5) is 0. The molecule has 2 rings (SSSR count). The number of aryl methyl sites for hydroxylation is 1. The molecule has 1 aromatic carbocycles. The van der Waals surface area contributed by atoms with Gasteiger partial charge in [0.25, 0.3) is 0 Å². The van der Waals surface area contributed by atoms with Crippen LogP contribution in [0.3, 0.4) is 0 Å². The largest absolute Gasteiger partial charge is 0.492 e. The van der Waals surface area contributed by atoms with Crippen molar-refractivity contribution < 1.29 is 4.74 Å². The van der Waals surface area contributed by atoms with Crippen molar-refractivity contribution in [3.8, 4) is 5.75 Å². The first-order valence-electron chi connectivity index (χ1n) is 6.88. The Morgan fingerprint density at radius 1 is 1.30 bits per heavy atom. The van der Waals surface area contributed by atoms with Gasteiger partial charge in [0.05, 0.1) is 12.2 Å². The Morgan fingerprint density at radius 2 is 2.05 bits per heavy atom. The molecule has 1 aromatic heterocycles. The van der Waals surface area contributed by atoms with Gasteiger partial charge < -0.3 is 10.5 Å². The summed E-state index contributed by atoms with van der Waals surface area (Å²) >= 11 is 0. The number of hydrogen-bond donors (Lipinski definition) is 1. The van der Waals surface area contributed by atoms with Gasteiger partial charge in [0.15, 0.2) is 5.82 Å². The van der Waals surface area contributed by atoms with Crippen molar-refractivity contribution in [1.82, 2.24) is 15.0 Å². The van der Waals surface area contributed by atoms with Crippen molar-refractivity contribution in [1.29, 1.82) is 0 Å². The normalized spacial score (nSPS) is 11.1. The lowest BCUT2D eigenvalue weighted by atomic mass is 9.98. The highest BCUT2D eigenvalue weighted by Gasteiger charge is 2.06. The van der Waals surface area contributed by atoms with E-state index in [4.69, 9.17) is 10.5 Å². The number of rotatable bonds is 5. The van der Waals surface area contributed by atoms with Crippen molar-refractivity contribution >= 4 is 5.82 Å². The minimum atomic E-state index is 0.474. The Bertz CT molecular complexity index is 590. The van der Waals surface area contributed by atoms with Crippen molar-refractivity contribution in [3.63, 3.8) is 0 Å². The van der Waals surface area contributed by atoms with Crippen molar-refractivity contribution in [2.24, 2.45) is 0 Å². The Labute approximate surface area is 119 Å². The fourth-order valence-electron chi connectivity index (χ4n) is 2.22. The van der Waals surface area contributed by atoms with Gasteiger partial charge in [-0.25, -0.2) is 4.68 Å².